The van der Waals surface area contributed by atoms with E-state index in [9.17, 15) is 19.6 Å². The van der Waals surface area contributed by atoms with E-state index in [1.807, 2.05) is 67.6 Å². The maximum Gasteiger partial charge on any atom is 0.302 e. The number of aromatic nitrogens is 2. The van der Waals surface area contributed by atoms with Gasteiger partial charge in [0.05, 0.1) is 24.5 Å². The van der Waals surface area contributed by atoms with Crippen LogP contribution in [0.25, 0.3) is 23.0 Å². The van der Waals surface area contributed by atoms with Crippen LogP contribution in [0.1, 0.15) is 32.8 Å². The van der Waals surface area contributed by atoms with Gasteiger partial charge in [-0.25, -0.2) is 4.68 Å². The number of amides is 2. The number of ether oxygens (including phenoxy) is 2. The summed E-state index contributed by atoms with van der Waals surface area (Å²) < 4.78 is 12.3. The van der Waals surface area contributed by atoms with Gasteiger partial charge in [-0.2, -0.15) is 10.4 Å². The summed E-state index contributed by atoms with van der Waals surface area (Å²) in [6.07, 6.45) is 4.34. The first-order chi connectivity index (χ1) is 18.8. The molecule has 0 saturated heterocycles. The molecule has 0 N–H and O–H groups in total. The standard InChI is InChI=1S/C30H28N4O5/c1-4-15-39-25-12-10-22(11-13-25)28-23(19-34(32-28)24-8-6-5-7-9-24)17-26-20(2)27(18-31)30(37)33(29(26)36)14-16-38-21(3)35/h5-13,17,19H,4,14-16H2,1-3H3/b26-17+. The summed E-state index contributed by atoms with van der Waals surface area (Å²) in [5.41, 5.74) is 3.17. The molecular weight excluding hydrogens is 496 g/mol. The van der Waals surface area contributed by atoms with Gasteiger partial charge in [0.25, 0.3) is 11.8 Å². The van der Waals surface area contributed by atoms with Crippen LogP contribution in [-0.4, -0.2) is 52.2 Å². The van der Waals surface area contributed by atoms with Crippen LogP contribution < -0.4 is 4.74 Å². The Morgan fingerprint density at radius 3 is 2.41 bits per heavy atom. The van der Waals surface area contributed by atoms with Crippen LogP contribution in [0.4, 0.5) is 0 Å². The van der Waals surface area contributed by atoms with Crippen molar-refractivity contribution in [3.8, 4) is 28.8 Å². The SMILES string of the molecule is CCCOc1ccc(-c2nn(-c3ccccc3)cc2/C=C2/C(=O)N(CCOC(C)=O)C(=O)C(C#N)=C2C)cc1. The fraction of sp³-hybridized carbons (Fsp3) is 0.233. The van der Waals surface area contributed by atoms with Crippen molar-refractivity contribution < 1.29 is 23.9 Å². The van der Waals surface area contributed by atoms with Crippen LogP contribution in [0.3, 0.4) is 0 Å². The van der Waals surface area contributed by atoms with E-state index >= 15 is 0 Å². The highest BCUT2D eigenvalue weighted by Gasteiger charge is 2.35. The minimum atomic E-state index is -0.716. The van der Waals surface area contributed by atoms with E-state index in [1.165, 1.54) is 6.92 Å². The lowest BCUT2D eigenvalue weighted by Crippen LogP contribution is -2.44. The van der Waals surface area contributed by atoms with E-state index in [2.05, 4.69) is 0 Å². The number of nitriles is 1. The second-order valence-electron chi connectivity index (χ2n) is 8.86. The van der Waals surface area contributed by atoms with Crippen molar-refractivity contribution in [1.29, 1.82) is 5.26 Å². The first-order valence-corrected chi connectivity index (χ1v) is 12.5. The van der Waals surface area contributed by atoms with Gasteiger partial charge >= 0.3 is 5.97 Å². The van der Waals surface area contributed by atoms with Crippen molar-refractivity contribution in [2.45, 2.75) is 27.2 Å². The number of imide groups is 1. The monoisotopic (exact) mass is 524 g/mol. The van der Waals surface area contributed by atoms with Crippen LogP contribution in [0.15, 0.2) is 77.5 Å². The summed E-state index contributed by atoms with van der Waals surface area (Å²) in [4.78, 5) is 38.5. The van der Waals surface area contributed by atoms with Gasteiger partial charge in [0.15, 0.2) is 0 Å². The molecular formula is C30H28N4O5. The van der Waals surface area contributed by atoms with Gasteiger partial charge in [0, 0.05) is 29.8 Å². The van der Waals surface area contributed by atoms with Gasteiger partial charge in [-0.05, 0) is 61.4 Å². The average Bonchev–Trinajstić information content (AvgIpc) is 3.36. The normalized spacial score (nSPS) is 14.5. The van der Waals surface area contributed by atoms with Crippen molar-refractivity contribution in [1.82, 2.24) is 14.7 Å². The lowest BCUT2D eigenvalue weighted by molar-refractivity contribution is -0.147. The van der Waals surface area contributed by atoms with Crippen LogP contribution in [-0.2, 0) is 19.1 Å². The van der Waals surface area contributed by atoms with Gasteiger partial charge in [-0.15, -0.1) is 0 Å². The summed E-state index contributed by atoms with van der Waals surface area (Å²) in [5, 5.41) is 14.5. The van der Waals surface area contributed by atoms with Crippen molar-refractivity contribution in [2.24, 2.45) is 0 Å². The van der Waals surface area contributed by atoms with E-state index in [4.69, 9.17) is 14.6 Å². The number of esters is 1. The predicted octanol–water partition coefficient (Wildman–Crippen LogP) is 4.48. The summed E-state index contributed by atoms with van der Waals surface area (Å²) in [6, 6.07) is 19.0. The summed E-state index contributed by atoms with van der Waals surface area (Å²) >= 11 is 0. The van der Waals surface area contributed by atoms with E-state index in [0.717, 1.165) is 28.3 Å². The van der Waals surface area contributed by atoms with Crippen LogP contribution in [0.5, 0.6) is 5.75 Å². The second-order valence-corrected chi connectivity index (χ2v) is 8.86. The highest BCUT2D eigenvalue weighted by atomic mass is 16.5. The number of para-hydroxylation sites is 1. The maximum absolute atomic E-state index is 13.5. The Kier molecular flexibility index (Phi) is 8.37. The third-order valence-corrected chi connectivity index (χ3v) is 6.11. The highest BCUT2D eigenvalue weighted by Crippen LogP contribution is 2.31. The summed E-state index contributed by atoms with van der Waals surface area (Å²) in [7, 11) is 0. The Balaban J connectivity index is 1.81. The van der Waals surface area contributed by atoms with Gasteiger partial charge < -0.3 is 9.47 Å². The topological polar surface area (TPSA) is 115 Å². The molecule has 1 aliphatic heterocycles. The lowest BCUT2D eigenvalue weighted by atomic mass is 9.93. The molecule has 0 spiro atoms. The van der Waals surface area contributed by atoms with Crippen LogP contribution >= 0.6 is 0 Å². The number of hydrogen-bond acceptors (Lipinski definition) is 7. The number of nitrogens with zero attached hydrogens (tertiary/aromatic N) is 4. The molecule has 0 radical (unpaired) electrons. The Hall–Kier alpha value is -4.97. The molecule has 2 aromatic carbocycles. The van der Waals surface area contributed by atoms with Crippen LogP contribution in [0.2, 0.25) is 0 Å². The molecule has 9 nitrogen and oxygen atoms in total. The fourth-order valence-corrected chi connectivity index (χ4v) is 4.13. The Bertz CT molecular complexity index is 1490. The minimum absolute atomic E-state index is 0.141. The molecule has 4 rings (SSSR count). The molecule has 2 heterocycles. The Morgan fingerprint density at radius 2 is 1.77 bits per heavy atom. The number of hydrogen-bond donors (Lipinski definition) is 0. The maximum atomic E-state index is 13.5. The van der Waals surface area contributed by atoms with E-state index < -0.39 is 17.8 Å². The molecule has 1 aliphatic rings. The quantitative estimate of drug-likeness (QED) is 0.230. The van der Waals surface area contributed by atoms with E-state index in [-0.39, 0.29) is 29.9 Å². The molecule has 3 aromatic rings. The van der Waals surface area contributed by atoms with Crippen molar-refractivity contribution >= 4 is 23.9 Å². The van der Waals surface area contributed by atoms with Crippen LogP contribution in [0, 0.1) is 11.3 Å². The highest BCUT2D eigenvalue weighted by molar-refractivity contribution is 6.19. The summed E-state index contributed by atoms with van der Waals surface area (Å²) in [6.45, 7) is 5.13. The molecule has 0 bridgehead atoms. The molecule has 9 heteroatoms. The number of benzene rings is 2. The molecule has 0 fully saturated rings. The van der Waals surface area contributed by atoms with Crippen molar-refractivity contribution in [3.05, 3.63) is 83.1 Å². The average molecular weight is 525 g/mol. The first kappa shape index (κ1) is 27.1. The zero-order valence-corrected chi connectivity index (χ0v) is 22.0. The molecule has 39 heavy (non-hydrogen) atoms. The molecule has 198 valence electrons. The number of rotatable bonds is 9. The third-order valence-electron chi connectivity index (χ3n) is 6.11. The smallest absolute Gasteiger partial charge is 0.302 e. The minimum Gasteiger partial charge on any atom is -0.494 e. The van der Waals surface area contributed by atoms with Crippen molar-refractivity contribution in [3.63, 3.8) is 0 Å². The number of carbonyl (C=O) groups excluding carboxylic acids is 3. The Morgan fingerprint density at radius 1 is 1.05 bits per heavy atom. The largest absolute Gasteiger partial charge is 0.494 e. The van der Waals surface area contributed by atoms with Crippen molar-refractivity contribution in [2.75, 3.05) is 19.8 Å². The fourth-order valence-electron chi connectivity index (χ4n) is 4.13. The first-order valence-electron chi connectivity index (χ1n) is 12.5. The van der Waals surface area contributed by atoms with E-state index in [0.29, 0.717) is 17.9 Å². The molecule has 0 unspecified atom stereocenters. The number of carbonyl (C=O) groups is 3. The van der Waals surface area contributed by atoms with Gasteiger partial charge in [0.2, 0.25) is 0 Å². The van der Waals surface area contributed by atoms with E-state index in [1.54, 1.807) is 23.9 Å². The van der Waals surface area contributed by atoms with Gasteiger partial charge in [-0.3, -0.25) is 19.3 Å². The predicted molar refractivity (Wildman–Crippen MR) is 144 cm³/mol. The molecule has 0 aliphatic carbocycles. The molecule has 1 aromatic heterocycles. The zero-order valence-electron chi connectivity index (χ0n) is 22.0. The van der Waals surface area contributed by atoms with Gasteiger partial charge in [0.1, 0.15) is 24.0 Å². The third kappa shape index (κ3) is 5.96. The molecule has 0 saturated carbocycles. The lowest BCUT2D eigenvalue weighted by Gasteiger charge is -2.27. The Labute approximate surface area is 226 Å². The molecule has 0 atom stereocenters. The molecule has 2 amide bonds. The van der Waals surface area contributed by atoms with Gasteiger partial charge in [-0.1, -0.05) is 25.1 Å². The summed E-state index contributed by atoms with van der Waals surface area (Å²) in [5.74, 6) is -1.08. The second kappa shape index (κ2) is 12.0. The zero-order chi connectivity index (χ0) is 27.9.